The van der Waals surface area contributed by atoms with Crippen LogP contribution in [0, 0.1) is 6.92 Å². The summed E-state index contributed by atoms with van der Waals surface area (Å²) in [6.07, 6.45) is 0.219. The summed E-state index contributed by atoms with van der Waals surface area (Å²) in [5.74, 6) is 0.954. The third-order valence-electron chi connectivity index (χ3n) is 2.01. The number of hydrogen-bond donors (Lipinski definition) is 1. The average Bonchev–Trinajstić information content (AvgIpc) is 2.15. The monoisotopic (exact) mass is 193 g/mol. The quantitative estimate of drug-likeness (QED) is 0.775. The molecule has 0 aliphatic carbocycles. The second kappa shape index (κ2) is 5.66. The van der Waals surface area contributed by atoms with Crippen LogP contribution in [0.15, 0.2) is 24.3 Å². The van der Waals surface area contributed by atoms with Gasteiger partial charge < -0.3 is 10.1 Å². The second-order valence-corrected chi connectivity index (χ2v) is 3.55. The Labute approximate surface area is 86.3 Å². The van der Waals surface area contributed by atoms with Gasteiger partial charge in [-0.3, -0.25) is 0 Å². The van der Waals surface area contributed by atoms with Gasteiger partial charge in [-0.1, -0.05) is 19.1 Å². The molecule has 1 N–H and O–H groups in total. The third kappa shape index (κ3) is 3.79. The Kier molecular flexibility index (Phi) is 4.47. The van der Waals surface area contributed by atoms with E-state index in [-0.39, 0.29) is 6.10 Å². The first-order chi connectivity index (χ1) is 6.72. The van der Waals surface area contributed by atoms with E-state index in [9.17, 15) is 0 Å². The lowest BCUT2D eigenvalue weighted by Crippen LogP contribution is -2.28. The number of likely N-dealkylation sites (N-methyl/N-ethyl adjacent to an activating group) is 1. The van der Waals surface area contributed by atoms with Crippen LogP contribution in [-0.2, 0) is 0 Å². The molecule has 2 nitrogen and oxygen atoms in total. The SMILES string of the molecule is CCNCC(C)Oc1cccc(C)c1. The molecule has 0 amide bonds. The van der Waals surface area contributed by atoms with E-state index < -0.39 is 0 Å². The van der Waals surface area contributed by atoms with Crippen LogP contribution < -0.4 is 10.1 Å². The molecule has 0 fully saturated rings. The average molecular weight is 193 g/mol. The van der Waals surface area contributed by atoms with Crippen molar-refractivity contribution in [3.05, 3.63) is 29.8 Å². The molecule has 0 heterocycles. The van der Waals surface area contributed by atoms with Gasteiger partial charge in [-0.2, -0.15) is 0 Å². The molecule has 1 aromatic rings. The largest absolute Gasteiger partial charge is 0.489 e. The maximum atomic E-state index is 5.73. The van der Waals surface area contributed by atoms with Crippen LogP contribution in [0.3, 0.4) is 0 Å². The fraction of sp³-hybridized carbons (Fsp3) is 0.500. The second-order valence-electron chi connectivity index (χ2n) is 3.55. The van der Waals surface area contributed by atoms with Gasteiger partial charge in [0.1, 0.15) is 11.9 Å². The molecule has 0 aliphatic heterocycles. The Morgan fingerprint density at radius 3 is 2.86 bits per heavy atom. The van der Waals surface area contributed by atoms with Gasteiger partial charge in [0.2, 0.25) is 0 Å². The van der Waals surface area contributed by atoms with E-state index >= 15 is 0 Å². The minimum Gasteiger partial charge on any atom is -0.489 e. The van der Waals surface area contributed by atoms with Crippen molar-refractivity contribution in [3.8, 4) is 5.75 Å². The van der Waals surface area contributed by atoms with Crippen molar-refractivity contribution < 1.29 is 4.74 Å². The zero-order chi connectivity index (χ0) is 10.4. The van der Waals surface area contributed by atoms with E-state index in [4.69, 9.17) is 4.74 Å². The van der Waals surface area contributed by atoms with Crippen LogP contribution in [0.5, 0.6) is 5.75 Å². The molecule has 0 aliphatic rings. The summed E-state index contributed by atoms with van der Waals surface area (Å²) in [4.78, 5) is 0. The normalized spacial score (nSPS) is 12.5. The van der Waals surface area contributed by atoms with Crippen molar-refractivity contribution in [2.75, 3.05) is 13.1 Å². The van der Waals surface area contributed by atoms with Crippen molar-refractivity contribution in [2.24, 2.45) is 0 Å². The molecule has 0 saturated carbocycles. The minimum atomic E-state index is 0.219. The van der Waals surface area contributed by atoms with Crippen LogP contribution in [-0.4, -0.2) is 19.2 Å². The van der Waals surface area contributed by atoms with Gasteiger partial charge in [0.15, 0.2) is 0 Å². The smallest absolute Gasteiger partial charge is 0.120 e. The summed E-state index contributed by atoms with van der Waals surface area (Å²) in [7, 11) is 0. The molecule has 0 saturated heterocycles. The summed E-state index contributed by atoms with van der Waals surface area (Å²) < 4.78 is 5.73. The number of aryl methyl sites for hydroxylation is 1. The molecular weight excluding hydrogens is 174 g/mol. The fourth-order valence-electron chi connectivity index (χ4n) is 1.31. The first-order valence-corrected chi connectivity index (χ1v) is 5.16. The molecule has 0 radical (unpaired) electrons. The van der Waals surface area contributed by atoms with E-state index in [0.29, 0.717) is 0 Å². The maximum absolute atomic E-state index is 5.73. The summed E-state index contributed by atoms with van der Waals surface area (Å²) >= 11 is 0. The third-order valence-corrected chi connectivity index (χ3v) is 2.01. The lowest BCUT2D eigenvalue weighted by Gasteiger charge is -2.15. The molecule has 2 heteroatoms. The van der Waals surface area contributed by atoms with Crippen molar-refractivity contribution in [2.45, 2.75) is 26.9 Å². The zero-order valence-corrected chi connectivity index (χ0v) is 9.21. The summed E-state index contributed by atoms with van der Waals surface area (Å²) in [6.45, 7) is 8.12. The van der Waals surface area contributed by atoms with Gasteiger partial charge in [0, 0.05) is 6.54 Å². The molecule has 1 rings (SSSR count). The minimum absolute atomic E-state index is 0.219. The highest BCUT2D eigenvalue weighted by molar-refractivity contribution is 5.27. The van der Waals surface area contributed by atoms with E-state index in [1.165, 1.54) is 5.56 Å². The van der Waals surface area contributed by atoms with Crippen LogP contribution in [0.4, 0.5) is 0 Å². The van der Waals surface area contributed by atoms with E-state index in [1.54, 1.807) is 0 Å². The van der Waals surface area contributed by atoms with E-state index in [2.05, 4.69) is 38.2 Å². The van der Waals surface area contributed by atoms with Gasteiger partial charge in [-0.05, 0) is 38.1 Å². The van der Waals surface area contributed by atoms with Crippen LogP contribution in [0.1, 0.15) is 19.4 Å². The van der Waals surface area contributed by atoms with Crippen molar-refractivity contribution in [1.29, 1.82) is 0 Å². The Hall–Kier alpha value is -1.02. The Morgan fingerprint density at radius 2 is 2.21 bits per heavy atom. The van der Waals surface area contributed by atoms with Crippen LogP contribution >= 0.6 is 0 Å². The van der Waals surface area contributed by atoms with Gasteiger partial charge in [-0.25, -0.2) is 0 Å². The maximum Gasteiger partial charge on any atom is 0.120 e. The first kappa shape index (κ1) is 11.1. The lowest BCUT2D eigenvalue weighted by molar-refractivity contribution is 0.218. The highest BCUT2D eigenvalue weighted by Gasteiger charge is 2.02. The van der Waals surface area contributed by atoms with Gasteiger partial charge in [0.25, 0.3) is 0 Å². The fourth-order valence-corrected chi connectivity index (χ4v) is 1.31. The summed E-state index contributed by atoms with van der Waals surface area (Å²) in [5, 5.41) is 3.26. The molecule has 0 bridgehead atoms. The highest BCUT2D eigenvalue weighted by atomic mass is 16.5. The number of hydrogen-bond acceptors (Lipinski definition) is 2. The van der Waals surface area contributed by atoms with Gasteiger partial charge in [-0.15, -0.1) is 0 Å². The summed E-state index contributed by atoms with van der Waals surface area (Å²) in [5.41, 5.74) is 1.23. The molecule has 14 heavy (non-hydrogen) atoms. The molecule has 1 atom stereocenters. The van der Waals surface area contributed by atoms with Crippen LogP contribution in [0.25, 0.3) is 0 Å². The van der Waals surface area contributed by atoms with Crippen molar-refractivity contribution in [1.82, 2.24) is 5.32 Å². The topological polar surface area (TPSA) is 21.3 Å². The molecule has 0 aromatic heterocycles. The molecule has 1 aromatic carbocycles. The standard InChI is InChI=1S/C12H19NO/c1-4-13-9-11(3)14-12-7-5-6-10(2)8-12/h5-8,11,13H,4,9H2,1-3H3. The van der Waals surface area contributed by atoms with Crippen LogP contribution in [0.2, 0.25) is 0 Å². The van der Waals surface area contributed by atoms with Gasteiger partial charge in [0.05, 0.1) is 0 Å². The molecule has 1 unspecified atom stereocenters. The zero-order valence-electron chi connectivity index (χ0n) is 9.21. The number of benzene rings is 1. The molecule has 0 spiro atoms. The van der Waals surface area contributed by atoms with Crippen molar-refractivity contribution in [3.63, 3.8) is 0 Å². The molecular formula is C12H19NO. The van der Waals surface area contributed by atoms with E-state index in [0.717, 1.165) is 18.8 Å². The highest BCUT2D eigenvalue weighted by Crippen LogP contribution is 2.13. The first-order valence-electron chi connectivity index (χ1n) is 5.16. The Balaban J connectivity index is 2.43. The Morgan fingerprint density at radius 1 is 1.43 bits per heavy atom. The number of rotatable bonds is 5. The predicted molar refractivity (Wildman–Crippen MR) is 59.8 cm³/mol. The van der Waals surface area contributed by atoms with E-state index in [1.807, 2.05) is 12.1 Å². The Bertz CT molecular complexity index is 273. The van der Waals surface area contributed by atoms with Crippen molar-refractivity contribution >= 4 is 0 Å². The molecule has 78 valence electrons. The lowest BCUT2D eigenvalue weighted by atomic mass is 10.2. The van der Waals surface area contributed by atoms with Gasteiger partial charge >= 0.3 is 0 Å². The number of ether oxygens (including phenoxy) is 1. The summed E-state index contributed by atoms with van der Waals surface area (Å²) in [6, 6.07) is 8.14. The predicted octanol–water partition coefficient (Wildman–Crippen LogP) is 2.37. The number of nitrogens with one attached hydrogen (secondary N) is 1.